The molecular weight excluding hydrogens is 282 g/mol. The second-order valence-corrected chi connectivity index (χ2v) is 5.81. The molecule has 1 heterocycles. The summed E-state index contributed by atoms with van der Waals surface area (Å²) in [5.41, 5.74) is 1.61. The van der Waals surface area contributed by atoms with E-state index in [0.29, 0.717) is 18.6 Å². The molecule has 5 heteroatoms. The molecule has 120 valence electrons. The SMILES string of the molecule is CC1CN(C(C)C(=O)c2ccc(CCC(=O)O)cc2)CCO1. The van der Waals surface area contributed by atoms with E-state index in [4.69, 9.17) is 9.84 Å². The molecule has 2 rings (SSSR count). The number of aliphatic carboxylic acids is 1. The molecular formula is C17H23NO4. The van der Waals surface area contributed by atoms with Crippen LogP contribution in [0, 0.1) is 0 Å². The summed E-state index contributed by atoms with van der Waals surface area (Å²) in [6.45, 7) is 6.14. The smallest absolute Gasteiger partial charge is 0.303 e. The van der Waals surface area contributed by atoms with Gasteiger partial charge in [0.15, 0.2) is 5.78 Å². The van der Waals surface area contributed by atoms with Gasteiger partial charge in [-0.1, -0.05) is 24.3 Å². The summed E-state index contributed by atoms with van der Waals surface area (Å²) in [4.78, 5) is 25.3. The van der Waals surface area contributed by atoms with Gasteiger partial charge in [-0.2, -0.15) is 0 Å². The number of Topliss-reactive ketones (excluding diaryl/α,β-unsaturated/α-hetero) is 1. The summed E-state index contributed by atoms with van der Waals surface area (Å²) < 4.78 is 5.50. The summed E-state index contributed by atoms with van der Waals surface area (Å²) in [6.07, 6.45) is 0.748. The zero-order valence-corrected chi connectivity index (χ0v) is 13.1. The number of carbonyl (C=O) groups is 2. The van der Waals surface area contributed by atoms with Crippen molar-refractivity contribution in [1.82, 2.24) is 4.90 Å². The first kappa shape index (κ1) is 16.6. The minimum Gasteiger partial charge on any atom is -0.481 e. The summed E-state index contributed by atoms with van der Waals surface area (Å²) in [5, 5.41) is 8.69. The summed E-state index contributed by atoms with van der Waals surface area (Å²) in [7, 11) is 0. The van der Waals surface area contributed by atoms with Crippen molar-refractivity contribution in [1.29, 1.82) is 0 Å². The van der Waals surface area contributed by atoms with Crippen LogP contribution >= 0.6 is 0 Å². The number of rotatable bonds is 6. The van der Waals surface area contributed by atoms with Gasteiger partial charge in [0.05, 0.1) is 18.8 Å². The maximum absolute atomic E-state index is 12.6. The minimum absolute atomic E-state index is 0.0962. The minimum atomic E-state index is -0.810. The number of aryl methyl sites for hydroxylation is 1. The van der Waals surface area contributed by atoms with Crippen LogP contribution in [-0.2, 0) is 16.0 Å². The van der Waals surface area contributed by atoms with Gasteiger partial charge in [-0.25, -0.2) is 0 Å². The Morgan fingerprint density at radius 3 is 2.64 bits per heavy atom. The number of carboxylic acid groups (broad SMARTS) is 1. The Bertz CT molecular complexity index is 526. The number of hydrogen-bond donors (Lipinski definition) is 1. The monoisotopic (exact) mass is 305 g/mol. The molecule has 0 aliphatic carbocycles. The summed E-state index contributed by atoms with van der Waals surface area (Å²) >= 11 is 0. The van der Waals surface area contributed by atoms with Crippen molar-refractivity contribution in [3.63, 3.8) is 0 Å². The largest absolute Gasteiger partial charge is 0.481 e. The average Bonchev–Trinajstić information content (AvgIpc) is 2.52. The third kappa shape index (κ3) is 4.39. The fraction of sp³-hybridized carbons (Fsp3) is 0.529. The molecule has 22 heavy (non-hydrogen) atoms. The van der Waals surface area contributed by atoms with Gasteiger partial charge in [-0.3, -0.25) is 14.5 Å². The van der Waals surface area contributed by atoms with E-state index in [1.165, 1.54) is 0 Å². The molecule has 1 aliphatic rings. The van der Waals surface area contributed by atoms with E-state index in [9.17, 15) is 9.59 Å². The highest BCUT2D eigenvalue weighted by molar-refractivity contribution is 5.99. The summed E-state index contributed by atoms with van der Waals surface area (Å²) in [6, 6.07) is 7.09. The van der Waals surface area contributed by atoms with Crippen molar-refractivity contribution in [2.75, 3.05) is 19.7 Å². The Hall–Kier alpha value is -1.72. The summed E-state index contributed by atoms with van der Waals surface area (Å²) in [5.74, 6) is -0.714. The zero-order chi connectivity index (χ0) is 16.1. The third-order valence-corrected chi connectivity index (χ3v) is 4.07. The number of benzene rings is 1. The topological polar surface area (TPSA) is 66.8 Å². The van der Waals surface area contributed by atoms with E-state index < -0.39 is 5.97 Å². The Labute approximate surface area is 130 Å². The van der Waals surface area contributed by atoms with E-state index in [1.807, 2.05) is 26.0 Å². The fourth-order valence-electron chi connectivity index (χ4n) is 2.69. The predicted molar refractivity (Wildman–Crippen MR) is 83.2 cm³/mol. The number of hydrogen-bond acceptors (Lipinski definition) is 4. The first-order valence-electron chi connectivity index (χ1n) is 7.68. The van der Waals surface area contributed by atoms with Gasteiger partial charge in [-0.05, 0) is 25.8 Å². The van der Waals surface area contributed by atoms with Crippen molar-refractivity contribution >= 4 is 11.8 Å². The second-order valence-electron chi connectivity index (χ2n) is 5.81. The van der Waals surface area contributed by atoms with Crippen molar-refractivity contribution < 1.29 is 19.4 Å². The van der Waals surface area contributed by atoms with E-state index in [2.05, 4.69) is 4.90 Å². The third-order valence-electron chi connectivity index (χ3n) is 4.07. The Kier molecular flexibility index (Phi) is 5.69. The standard InChI is InChI=1S/C17H23NO4/c1-12-11-18(9-10-22-12)13(2)17(21)15-6-3-14(4-7-15)5-8-16(19)20/h3-4,6-7,12-13H,5,8-11H2,1-2H3,(H,19,20). The molecule has 0 amide bonds. The molecule has 0 aromatic heterocycles. The van der Waals surface area contributed by atoms with Crippen LogP contribution in [0.25, 0.3) is 0 Å². The molecule has 1 saturated heterocycles. The van der Waals surface area contributed by atoms with Gasteiger partial charge in [0.25, 0.3) is 0 Å². The Balaban J connectivity index is 1.98. The molecule has 0 radical (unpaired) electrons. The van der Waals surface area contributed by atoms with Crippen LogP contribution in [0.1, 0.15) is 36.2 Å². The molecule has 1 aromatic carbocycles. The highest BCUT2D eigenvalue weighted by Crippen LogP contribution is 2.15. The van der Waals surface area contributed by atoms with Crippen LogP contribution in [0.3, 0.4) is 0 Å². The quantitative estimate of drug-likeness (QED) is 0.814. The van der Waals surface area contributed by atoms with E-state index in [1.54, 1.807) is 12.1 Å². The number of nitrogens with zero attached hydrogens (tertiary/aromatic N) is 1. The highest BCUT2D eigenvalue weighted by atomic mass is 16.5. The average molecular weight is 305 g/mol. The van der Waals surface area contributed by atoms with E-state index >= 15 is 0 Å². The lowest BCUT2D eigenvalue weighted by Crippen LogP contribution is -2.48. The van der Waals surface area contributed by atoms with Crippen LogP contribution in [0.15, 0.2) is 24.3 Å². The number of carbonyl (C=O) groups excluding carboxylic acids is 1. The van der Waals surface area contributed by atoms with Crippen LogP contribution in [0.5, 0.6) is 0 Å². The Morgan fingerprint density at radius 2 is 2.05 bits per heavy atom. The predicted octanol–water partition coefficient (Wildman–Crippen LogP) is 2.00. The first-order chi connectivity index (χ1) is 10.5. The van der Waals surface area contributed by atoms with Gasteiger partial charge >= 0.3 is 5.97 Å². The van der Waals surface area contributed by atoms with Crippen molar-refractivity contribution in [3.8, 4) is 0 Å². The molecule has 0 saturated carbocycles. The fourth-order valence-corrected chi connectivity index (χ4v) is 2.69. The molecule has 2 unspecified atom stereocenters. The van der Waals surface area contributed by atoms with Gasteiger partial charge in [-0.15, -0.1) is 0 Å². The van der Waals surface area contributed by atoms with Crippen LogP contribution in [0.4, 0.5) is 0 Å². The maximum Gasteiger partial charge on any atom is 0.303 e. The molecule has 2 atom stereocenters. The molecule has 1 fully saturated rings. The second kappa shape index (κ2) is 7.51. The lowest BCUT2D eigenvalue weighted by Gasteiger charge is -2.34. The number of morpholine rings is 1. The normalized spacial score (nSPS) is 20.5. The van der Waals surface area contributed by atoms with Crippen LogP contribution < -0.4 is 0 Å². The molecule has 5 nitrogen and oxygen atoms in total. The lowest BCUT2D eigenvalue weighted by atomic mass is 10.0. The van der Waals surface area contributed by atoms with Gasteiger partial charge in [0.1, 0.15) is 0 Å². The highest BCUT2D eigenvalue weighted by Gasteiger charge is 2.26. The first-order valence-corrected chi connectivity index (χ1v) is 7.68. The molecule has 0 spiro atoms. The van der Waals surface area contributed by atoms with Crippen LogP contribution in [0.2, 0.25) is 0 Å². The molecule has 1 aromatic rings. The van der Waals surface area contributed by atoms with Crippen molar-refractivity contribution in [3.05, 3.63) is 35.4 Å². The Morgan fingerprint density at radius 1 is 1.36 bits per heavy atom. The maximum atomic E-state index is 12.6. The molecule has 1 aliphatic heterocycles. The van der Waals surface area contributed by atoms with E-state index in [0.717, 1.165) is 18.7 Å². The molecule has 1 N–H and O–H groups in total. The number of carboxylic acids is 1. The van der Waals surface area contributed by atoms with E-state index in [-0.39, 0.29) is 24.3 Å². The van der Waals surface area contributed by atoms with Crippen molar-refractivity contribution in [2.45, 2.75) is 38.8 Å². The number of ether oxygens (including phenoxy) is 1. The molecule has 0 bridgehead atoms. The van der Waals surface area contributed by atoms with Gasteiger partial charge in [0, 0.05) is 25.1 Å². The van der Waals surface area contributed by atoms with Gasteiger partial charge in [0.2, 0.25) is 0 Å². The zero-order valence-electron chi connectivity index (χ0n) is 13.1. The van der Waals surface area contributed by atoms with Gasteiger partial charge < -0.3 is 9.84 Å². The lowest BCUT2D eigenvalue weighted by molar-refractivity contribution is -0.136. The van der Waals surface area contributed by atoms with Crippen LogP contribution in [-0.4, -0.2) is 53.6 Å². The number of ketones is 1. The van der Waals surface area contributed by atoms with Crippen molar-refractivity contribution in [2.24, 2.45) is 0 Å².